The molecule has 11 N–H and O–H groups in total. The summed E-state index contributed by atoms with van der Waals surface area (Å²) in [7, 11) is 0. The van der Waals surface area contributed by atoms with E-state index in [2.05, 4.69) is 36.9 Å². The molecule has 6 rings (SSSR count). The molecule has 0 saturated carbocycles. The van der Waals surface area contributed by atoms with Crippen molar-refractivity contribution in [2.75, 3.05) is 37.7 Å². The predicted molar refractivity (Wildman–Crippen MR) is 281 cm³/mol. The van der Waals surface area contributed by atoms with Crippen molar-refractivity contribution < 1.29 is 47.9 Å². The van der Waals surface area contributed by atoms with Crippen molar-refractivity contribution in [2.24, 2.45) is 11.5 Å². The summed E-state index contributed by atoms with van der Waals surface area (Å²) in [6.07, 6.45) is 5.35. The third-order valence-electron chi connectivity index (χ3n) is 13.1. The summed E-state index contributed by atoms with van der Waals surface area (Å²) in [5.41, 5.74) is 14.1. The average molecular weight is 1050 g/mol. The smallest absolute Gasteiger partial charge is 0.248 e. The Morgan fingerprint density at radius 1 is 0.693 bits per heavy atom. The molecule has 10 amide bonds. The fourth-order valence-electron chi connectivity index (χ4n) is 9.02. The zero-order chi connectivity index (χ0) is 54.0. The number of aromatic nitrogens is 1. The summed E-state index contributed by atoms with van der Waals surface area (Å²) in [5.74, 6) is -7.43. The Hall–Kier alpha value is -7.75. The van der Waals surface area contributed by atoms with Crippen LogP contribution in [0.5, 0.6) is 0 Å². The quantitative estimate of drug-likeness (QED) is 0.0830. The van der Waals surface area contributed by atoms with Gasteiger partial charge in [-0.2, -0.15) is 0 Å². The van der Waals surface area contributed by atoms with Crippen molar-refractivity contribution in [3.05, 3.63) is 107 Å². The van der Waals surface area contributed by atoms with Crippen molar-refractivity contribution in [2.45, 2.75) is 108 Å². The lowest BCUT2D eigenvalue weighted by Crippen LogP contribution is -2.58. The third kappa shape index (κ3) is 16.4. The summed E-state index contributed by atoms with van der Waals surface area (Å²) in [6.45, 7) is 2.70. The highest BCUT2D eigenvalue weighted by atomic mass is 32.2. The van der Waals surface area contributed by atoms with Gasteiger partial charge in [0.15, 0.2) is 0 Å². The molecule has 6 atom stereocenters. The number of hydrogen-bond acceptors (Lipinski definition) is 11. The van der Waals surface area contributed by atoms with Crippen molar-refractivity contribution in [3.8, 4) is 0 Å². The Morgan fingerprint density at radius 2 is 1.36 bits per heavy atom. The largest absolute Gasteiger partial charge is 0.368 e. The van der Waals surface area contributed by atoms with E-state index in [1.807, 2.05) is 31.2 Å². The van der Waals surface area contributed by atoms with Crippen LogP contribution < -0.4 is 43.4 Å². The number of hydrogen-bond donors (Lipinski definition) is 9. The van der Waals surface area contributed by atoms with Crippen molar-refractivity contribution in [1.82, 2.24) is 46.7 Å². The normalized spacial score (nSPS) is 22.5. The van der Waals surface area contributed by atoms with Crippen LogP contribution in [0.1, 0.15) is 79.4 Å². The van der Waals surface area contributed by atoms with Gasteiger partial charge in [0.2, 0.25) is 59.1 Å². The second-order valence-electron chi connectivity index (χ2n) is 18.8. The topological polar surface area (TPSA) is 317 Å². The second kappa shape index (κ2) is 27.5. The number of primary amides is 2. The lowest BCUT2D eigenvalue weighted by molar-refractivity contribution is -0.142. The molecule has 1 aromatic heterocycles. The number of nitrogens with one attached hydrogen (secondary N) is 7. The minimum Gasteiger partial charge on any atom is -0.368 e. The van der Waals surface area contributed by atoms with E-state index >= 15 is 0 Å². The zero-order valence-electron chi connectivity index (χ0n) is 42.2. The van der Waals surface area contributed by atoms with Crippen LogP contribution in [-0.4, -0.2) is 148 Å². The minimum absolute atomic E-state index is 0.00643. The maximum absolute atomic E-state index is 14.7. The zero-order valence-corrected chi connectivity index (χ0v) is 43.0. The van der Waals surface area contributed by atoms with Gasteiger partial charge in [0.05, 0.1) is 18.8 Å². The Morgan fingerprint density at radius 3 is 2.07 bits per heavy atom. The van der Waals surface area contributed by atoms with Gasteiger partial charge in [-0.15, -0.1) is 11.8 Å². The second-order valence-corrected chi connectivity index (χ2v) is 19.8. The summed E-state index contributed by atoms with van der Waals surface area (Å²) in [5, 5.41) is 17.0. The molecular formula is C53H67N11O10S. The van der Waals surface area contributed by atoms with E-state index in [1.165, 1.54) is 28.9 Å². The van der Waals surface area contributed by atoms with Gasteiger partial charge < -0.3 is 58.2 Å². The van der Waals surface area contributed by atoms with Gasteiger partial charge in [0, 0.05) is 60.8 Å². The molecule has 2 saturated heterocycles. The van der Waals surface area contributed by atoms with Crippen LogP contribution in [0.15, 0.2) is 85.1 Å². The molecule has 0 unspecified atom stereocenters. The maximum Gasteiger partial charge on any atom is 0.248 e. The molecule has 2 fully saturated rings. The van der Waals surface area contributed by atoms with Gasteiger partial charge in [-0.3, -0.25) is 47.9 Å². The molecule has 2 aliphatic rings. The maximum atomic E-state index is 14.7. The molecule has 0 bridgehead atoms. The van der Waals surface area contributed by atoms with Gasteiger partial charge in [-0.25, -0.2) is 0 Å². The monoisotopic (exact) mass is 1050 g/mol. The molecule has 0 aliphatic carbocycles. The highest BCUT2D eigenvalue weighted by molar-refractivity contribution is 8.00. The van der Waals surface area contributed by atoms with Crippen LogP contribution in [0, 0.1) is 0 Å². The van der Waals surface area contributed by atoms with E-state index in [9.17, 15) is 47.9 Å². The van der Waals surface area contributed by atoms with Crippen LogP contribution in [-0.2, 0) is 62.4 Å². The van der Waals surface area contributed by atoms with Crippen LogP contribution in [0.4, 0.5) is 0 Å². The van der Waals surface area contributed by atoms with Gasteiger partial charge in [-0.05, 0) is 61.1 Å². The Bertz CT molecular complexity index is 2700. The van der Waals surface area contributed by atoms with E-state index < -0.39 is 108 Å². The minimum atomic E-state index is -1.35. The standard InChI is InChI=1S/C53H67N11O10S/c1-3-4-5-11-22-63-29-44(65)60-41(26-36-27-56-38-16-10-9-15-37(36)38)53(74)64-23-12-17-43(64)52(73)62-42(48(55)69)30-75-31-45(66)59-39(24-33-13-7-6-8-14-33)51(72)61-40(25-34-18-20-35(21-19-34)47(54)68)50(71)58-32(2)49(70)57-28-46(63)67/h6-10,13-16,18-21,27,32,39-43,56H,3-5,11-12,17,22-26,28-31H2,1-2H3,(H2,54,68)(H2,55,69)(H,57,70)(H,58,71)(H,59,66)(H,60,65)(H,61,72)(H,62,73)/t32-,39-,40-,41-,42-,43-/m0/s1. The fraction of sp³-hybridized carbons (Fsp3) is 0.434. The highest BCUT2D eigenvalue weighted by Crippen LogP contribution is 2.24. The van der Waals surface area contributed by atoms with E-state index in [-0.39, 0.29) is 55.8 Å². The number of fused-ring (bicyclic) bond motifs is 2. The summed E-state index contributed by atoms with van der Waals surface area (Å²) in [6, 6.07) is 14.9. The molecule has 22 heteroatoms. The Labute approximate surface area is 439 Å². The predicted octanol–water partition coefficient (Wildman–Crippen LogP) is 0.487. The van der Waals surface area contributed by atoms with E-state index in [0.717, 1.165) is 41.9 Å². The number of rotatable bonds is 13. The molecule has 3 aromatic carbocycles. The number of aromatic amines is 1. The number of benzene rings is 3. The van der Waals surface area contributed by atoms with Crippen molar-refractivity contribution in [1.29, 1.82) is 0 Å². The molecule has 400 valence electrons. The van der Waals surface area contributed by atoms with E-state index in [4.69, 9.17) is 11.5 Å². The summed E-state index contributed by atoms with van der Waals surface area (Å²) in [4.78, 5) is 143. The number of unbranched alkanes of at least 4 members (excludes halogenated alkanes) is 3. The average Bonchev–Trinajstić information content (AvgIpc) is 4.06. The number of thioether (sulfide) groups is 1. The number of H-pyrrole nitrogens is 1. The molecule has 75 heavy (non-hydrogen) atoms. The molecule has 4 aromatic rings. The van der Waals surface area contributed by atoms with Crippen molar-refractivity contribution in [3.63, 3.8) is 0 Å². The fourth-order valence-corrected chi connectivity index (χ4v) is 9.89. The number of amides is 10. The van der Waals surface area contributed by atoms with Crippen LogP contribution in [0.2, 0.25) is 0 Å². The Balaban J connectivity index is 1.31. The SMILES string of the molecule is CCCCCCN1CC(=O)N[C@@H](Cc2c[nH]c3ccccc23)C(=O)N2CCC[C@H]2C(=O)N[C@H](C(N)=O)CSCC(=O)N[C@@H](Cc2ccccc2)C(=O)N[C@@H](Cc2ccc(C(N)=O)cc2)C(=O)N[C@@H](C)C(=O)NCC1=O. The van der Waals surface area contributed by atoms with E-state index in [1.54, 1.807) is 48.7 Å². The molecular weight excluding hydrogens is 983 g/mol. The summed E-state index contributed by atoms with van der Waals surface area (Å²) < 4.78 is 0. The molecule has 0 radical (unpaired) electrons. The highest BCUT2D eigenvalue weighted by Gasteiger charge is 2.39. The number of nitrogens with two attached hydrogens (primary N) is 2. The first-order valence-corrected chi connectivity index (χ1v) is 26.4. The van der Waals surface area contributed by atoms with Gasteiger partial charge in [0.1, 0.15) is 36.3 Å². The van der Waals surface area contributed by atoms with Crippen LogP contribution >= 0.6 is 11.8 Å². The molecule has 3 heterocycles. The van der Waals surface area contributed by atoms with E-state index in [0.29, 0.717) is 29.5 Å². The Kier molecular flexibility index (Phi) is 20.7. The number of nitrogens with zero attached hydrogens (tertiary/aromatic N) is 2. The first-order valence-electron chi connectivity index (χ1n) is 25.2. The van der Waals surface area contributed by atoms with Gasteiger partial charge in [0.25, 0.3) is 0 Å². The first-order chi connectivity index (χ1) is 36.0. The first kappa shape index (κ1) is 56.5. The lowest BCUT2D eigenvalue weighted by Gasteiger charge is -2.30. The van der Waals surface area contributed by atoms with Crippen LogP contribution in [0.25, 0.3) is 10.9 Å². The van der Waals surface area contributed by atoms with Gasteiger partial charge >= 0.3 is 0 Å². The summed E-state index contributed by atoms with van der Waals surface area (Å²) >= 11 is 0.963. The third-order valence-corrected chi connectivity index (χ3v) is 14.2. The molecule has 2 aliphatic heterocycles. The molecule has 0 spiro atoms. The van der Waals surface area contributed by atoms with Gasteiger partial charge in [-0.1, -0.05) is 86.8 Å². The van der Waals surface area contributed by atoms with Crippen molar-refractivity contribution >= 4 is 81.7 Å². The molecule has 21 nitrogen and oxygen atoms in total. The van der Waals surface area contributed by atoms with Crippen LogP contribution in [0.3, 0.4) is 0 Å². The lowest BCUT2D eigenvalue weighted by atomic mass is 10.0. The number of carbonyl (C=O) groups excluding carboxylic acids is 10. The number of para-hydroxylation sites is 1. The number of carbonyl (C=O) groups is 10.